The molecular formula is C25H30ClN5O4. The zero-order valence-electron chi connectivity index (χ0n) is 20.3. The number of esters is 1. The maximum Gasteiger partial charge on any atom is 0.344 e. The van der Waals surface area contributed by atoms with Crippen LogP contribution in [0.1, 0.15) is 38.8 Å². The average molecular weight is 500 g/mol. The number of carbonyl (C=O) groups is 2. The summed E-state index contributed by atoms with van der Waals surface area (Å²) >= 11 is 6.02. The lowest BCUT2D eigenvalue weighted by atomic mass is 9.99. The molecule has 3 N–H and O–H groups in total. The number of rotatable bonds is 6. The number of benzene rings is 2. The zero-order valence-corrected chi connectivity index (χ0v) is 21.0. The highest BCUT2D eigenvalue weighted by molar-refractivity contribution is 6.31. The molecule has 0 bridgehead atoms. The molecule has 0 radical (unpaired) electrons. The Balaban J connectivity index is 0.000000641. The van der Waals surface area contributed by atoms with Gasteiger partial charge in [0.05, 0.1) is 24.6 Å². The molecule has 186 valence electrons. The van der Waals surface area contributed by atoms with Crippen molar-refractivity contribution in [2.75, 3.05) is 31.2 Å². The fraction of sp³-hybridized carbons (Fsp3) is 0.320. The Bertz CT molecular complexity index is 1120. The van der Waals surface area contributed by atoms with Crippen molar-refractivity contribution < 1.29 is 19.1 Å². The SMILES string of the molecule is CCNC(C)=O.CCOC(=O)COc1ccc2c(c1)C(c1ccc(Cl)cc1)=NCC(=N)N2C(C)=N. The van der Waals surface area contributed by atoms with Crippen molar-refractivity contribution in [2.45, 2.75) is 27.7 Å². The summed E-state index contributed by atoms with van der Waals surface area (Å²) in [5.74, 6) is 0.464. The highest BCUT2D eigenvalue weighted by atomic mass is 35.5. The van der Waals surface area contributed by atoms with E-state index in [0.29, 0.717) is 27.7 Å². The second kappa shape index (κ2) is 13.2. The number of amidine groups is 2. The van der Waals surface area contributed by atoms with Gasteiger partial charge in [0.25, 0.3) is 0 Å². The van der Waals surface area contributed by atoms with E-state index in [2.05, 4.69) is 10.3 Å². The zero-order chi connectivity index (χ0) is 26.0. The first-order valence-electron chi connectivity index (χ1n) is 11.1. The van der Waals surface area contributed by atoms with E-state index >= 15 is 0 Å². The van der Waals surface area contributed by atoms with Gasteiger partial charge >= 0.3 is 5.97 Å². The van der Waals surface area contributed by atoms with Crippen LogP contribution in [-0.4, -0.2) is 55.6 Å². The standard InChI is InChI=1S/C21H21ClN4O3.C4H9NO/c1-3-28-20(27)12-29-16-8-9-18-17(10-16)21(14-4-6-15(22)7-5-14)25-11-19(24)26(18)13(2)23;1-3-5-4(2)6/h4-10,23-24H,3,11-12H2,1-2H3;3H2,1-2H3,(H,5,6). The lowest BCUT2D eigenvalue weighted by Crippen LogP contribution is -2.35. The summed E-state index contributed by atoms with van der Waals surface area (Å²) in [5, 5.41) is 19.6. The van der Waals surface area contributed by atoms with Gasteiger partial charge in [-0.3, -0.25) is 25.5 Å². The van der Waals surface area contributed by atoms with E-state index in [0.717, 1.165) is 12.1 Å². The maximum atomic E-state index is 11.6. The molecule has 0 aromatic heterocycles. The molecule has 2 aromatic rings. The van der Waals surface area contributed by atoms with Crippen LogP contribution in [0.3, 0.4) is 0 Å². The summed E-state index contributed by atoms with van der Waals surface area (Å²) in [6.07, 6.45) is 0. The number of aliphatic imine (C=N–C) groups is 1. The van der Waals surface area contributed by atoms with Crippen LogP contribution >= 0.6 is 11.6 Å². The van der Waals surface area contributed by atoms with E-state index in [9.17, 15) is 9.59 Å². The topological polar surface area (TPSA) is 128 Å². The maximum absolute atomic E-state index is 11.6. The predicted molar refractivity (Wildman–Crippen MR) is 138 cm³/mol. The molecule has 10 heteroatoms. The van der Waals surface area contributed by atoms with Gasteiger partial charge in [-0.2, -0.15) is 0 Å². The minimum atomic E-state index is -0.451. The molecule has 1 amide bonds. The van der Waals surface area contributed by atoms with Crippen LogP contribution in [0.2, 0.25) is 5.02 Å². The van der Waals surface area contributed by atoms with Crippen molar-refractivity contribution in [1.82, 2.24) is 5.32 Å². The summed E-state index contributed by atoms with van der Waals surface area (Å²) < 4.78 is 10.5. The van der Waals surface area contributed by atoms with Crippen molar-refractivity contribution >= 4 is 46.5 Å². The van der Waals surface area contributed by atoms with Crippen molar-refractivity contribution in [3.05, 3.63) is 58.6 Å². The molecule has 0 fully saturated rings. The minimum Gasteiger partial charge on any atom is -0.482 e. The third-order valence-electron chi connectivity index (χ3n) is 4.66. The number of halogens is 1. The highest BCUT2D eigenvalue weighted by Gasteiger charge is 2.25. The fourth-order valence-corrected chi connectivity index (χ4v) is 3.40. The number of hydrogen-bond acceptors (Lipinski definition) is 7. The smallest absolute Gasteiger partial charge is 0.344 e. The largest absolute Gasteiger partial charge is 0.482 e. The monoisotopic (exact) mass is 499 g/mol. The Hall–Kier alpha value is -3.72. The summed E-state index contributed by atoms with van der Waals surface area (Å²) in [6, 6.07) is 12.5. The van der Waals surface area contributed by atoms with Crippen LogP contribution in [0.25, 0.3) is 0 Å². The Morgan fingerprint density at radius 1 is 1.14 bits per heavy atom. The predicted octanol–water partition coefficient (Wildman–Crippen LogP) is 4.06. The summed E-state index contributed by atoms with van der Waals surface area (Å²) in [5.41, 5.74) is 2.84. The Morgan fingerprint density at radius 3 is 2.37 bits per heavy atom. The Labute approximate surface area is 210 Å². The molecule has 0 atom stereocenters. The molecule has 3 rings (SSSR count). The number of nitrogens with one attached hydrogen (secondary N) is 3. The molecule has 1 heterocycles. The molecule has 0 unspecified atom stereocenters. The number of amides is 1. The number of ether oxygens (including phenoxy) is 2. The van der Waals surface area contributed by atoms with Crippen molar-refractivity contribution in [1.29, 1.82) is 10.8 Å². The first-order chi connectivity index (χ1) is 16.7. The summed E-state index contributed by atoms with van der Waals surface area (Å²) in [7, 11) is 0. The molecule has 1 aliphatic heterocycles. The van der Waals surface area contributed by atoms with E-state index < -0.39 is 5.97 Å². The first kappa shape index (κ1) is 27.5. The first-order valence-corrected chi connectivity index (χ1v) is 11.5. The molecule has 0 spiro atoms. The van der Waals surface area contributed by atoms with E-state index in [4.69, 9.17) is 31.9 Å². The molecular weight excluding hydrogens is 470 g/mol. The van der Waals surface area contributed by atoms with Crippen LogP contribution in [0.4, 0.5) is 5.69 Å². The third kappa shape index (κ3) is 7.92. The molecule has 9 nitrogen and oxygen atoms in total. The normalized spacial score (nSPS) is 12.3. The van der Waals surface area contributed by atoms with E-state index in [1.165, 1.54) is 11.8 Å². The van der Waals surface area contributed by atoms with E-state index in [1.807, 2.05) is 19.1 Å². The second-order valence-corrected chi connectivity index (χ2v) is 7.83. The van der Waals surface area contributed by atoms with Crippen LogP contribution in [0.5, 0.6) is 5.75 Å². The van der Waals surface area contributed by atoms with Crippen molar-refractivity contribution in [3.63, 3.8) is 0 Å². The van der Waals surface area contributed by atoms with Gasteiger partial charge in [-0.05, 0) is 51.1 Å². The summed E-state index contributed by atoms with van der Waals surface area (Å²) in [6.45, 7) is 7.69. The van der Waals surface area contributed by atoms with Gasteiger partial charge in [-0.15, -0.1) is 0 Å². The number of benzodiazepines with no additional fused rings is 1. The number of fused-ring (bicyclic) bond motifs is 1. The van der Waals surface area contributed by atoms with E-state index in [1.54, 1.807) is 44.2 Å². The second-order valence-electron chi connectivity index (χ2n) is 7.40. The van der Waals surface area contributed by atoms with Crippen LogP contribution < -0.4 is 15.0 Å². The van der Waals surface area contributed by atoms with Crippen molar-refractivity contribution in [3.8, 4) is 5.75 Å². The van der Waals surface area contributed by atoms with Gasteiger partial charge in [-0.1, -0.05) is 23.7 Å². The molecule has 0 aliphatic carbocycles. The molecule has 1 aliphatic rings. The molecule has 0 saturated heterocycles. The average Bonchev–Trinajstić information content (AvgIpc) is 2.94. The fourth-order valence-electron chi connectivity index (χ4n) is 3.28. The number of anilines is 1. The minimum absolute atomic E-state index is 0.0394. The van der Waals surface area contributed by atoms with Gasteiger partial charge in [0.2, 0.25) is 5.91 Å². The lowest BCUT2D eigenvalue weighted by molar-refractivity contribution is -0.145. The quantitative estimate of drug-likeness (QED) is 0.314. The van der Waals surface area contributed by atoms with Gasteiger partial charge in [0.1, 0.15) is 17.4 Å². The molecule has 2 aromatic carbocycles. The number of hydrogen-bond donors (Lipinski definition) is 3. The molecule has 0 saturated carbocycles. The van der Waals surface area contributed by atoms with E-state index in [-0.39, 0.29) is 37.3 Å². The molecule has 35 heavy (non-hydrogen) atoms. The Kier molecular flexibility index (Phi) is 10.4. The van der Waals surface area contributed by atoms with Gasteiger partial charge in [0, 0.05) is 29.6 Å². The summed E-state index contributed by atoms with van der Waals surface area (Å²) in [4.78, 5) is 27.7. The van der Waals surface area contributed by atoms with Gasteiger partial charge in [-0.25, -0.2) is 4.79 Å². The lowest BCUT2D eigenvalue weighted by Gasteiger charge is -2.24. The highest BCUT2D eigenvalue weighted by Crippen LogP contribution is 2.31. The third-order valence-corrected chi connectivity index (χ3v) is 4.91. The number of nitrogens with zero attached hydrogens (tertiary/aromatic N) is 2. The van der Waals surface area contributed by atoms with Crippen molar-refractivity contribution in [2.24, 2.45) is 4.99 Å². The van der Waals surface area contributed by atoms with Gasteiger partial charge < -0.3 is 14.8 Å². The van der Waals surface area contributed by atoms with Crippen LogP contribution in [-0.2, 0) is 14.3 Å². The van der Waals surface area contributed by atoms with Crippen LogP contribution in [0.15, 0.2) is 47.5 Å². The van der Waals surface area contributed by atoms with Crippen LogP contribution in [0, 0.1) is 10.8 Å². The van der Waals surface area contributed by atoms with Gasteiger partial charge in [0.15, 0.2) is 6.61 Å². The number of carbonyl (C=O) groups excluding carboxylic acids is 2. The Morgan fingerprint density at radius 2 is 1.83 bits per heavy atom.